The lowest BCUT2D eigenvalue weighted by Gasteiger charge is -2.30. The number of carbonyl (C=O) groups is 1. The highest BCUT2D eigenvalue weighted by molar-refractivity contribution is 5.98. The number of anilines is 1. The minimum absolute atomic E-state index is 0.00594. The molecular weight excluding hydrogens is 466 g/mol. The highest BCUT2D eigenvalue weighted by Crippen LogP contribution is 2.39. The number of ether oxygens (including phenoxy) is 1. The Morgan fingerprint density at radius 1 is 1.17 bits per heavy atom. The number of nitro groups is 1. The van der Waals surface area contributed by atoms with Crippen LogP contribution in [0.4, 0.5) is 11.5 Å². The van der Waals surface area contributed by atoms with Crippen molar-refractivity contribution in [2.24, 2.45) is 0 Å². The van der Waals surface area contributed by atoms with E-state index in [1.54, 1.807) is 35.0 Å². The minimum Gasteiger partial charge on any atom is -0.480 e. The number of likely N-dealkylation sites (tertiary alicyclic amines) is 1. The first-order valence-electron chi connectivity index (χ1n) is 11.3. The molecule has 4 aromatic rings. The van der Waals surface area contributed by atoms with Crippen molar-refractivity contribution in [2.75, 3.05) is 25.4 Å². The topological polar surface area (TPSA) is 163 Å². The number of carboxylic acids is 1. The van der Waals surface area contributed by atoms with Gasteiger partial charge in [0.2, 0.25) is 5.75 Å². The molecule has 2 aromatic heterocycles. The first kappa shape index (κ1) is 23.2. The third kappa shape index (κ3) is 4.53. The monoisotopic (exact) mass is 489 g/mol. The van der Waals surface area contributed by atoms with Crippen molar-refractivity contribution in [2.45, 2.75) is 18.9 Å². The molecule has 1 saturated heterocycles. The van der Waals surface area contributed by atoms with E-state index >= 15 is 0 Å². The Bertz CT molecular complexity index is 1430. The van der Waals surface area contributed by atoms with Gasteiger partial charge < -0.3 is 15.6 Å². The number of hydrogen-bond acceptors (Lipinski definition) is 9. The number of fused-ring (bicyclic) bond motifs is 1. The molecule has 1 aliphatic rings. The summed E-state index contributed by atoms with van der Waals surface area (Å²) in [6.45, 7) is 1.20. The van der Waals surface area contributed by atoms with Crippen molar-refractivity contribution in [1.82, 2.24) is 24.6 Å². The van der Waals surface area contributed by atoms with Gasteiger partial charge in [-0.25, -0.2) is 14.6 Å². The molecule has 0 unspecified atom stereocenters. The van der Waals surface area contributed by atoms with Gasteiger partial charge in [0.15, 0.2) is 5.65 Å². The predicted octanol–water partition coefficient (Wildman–Crippen LogP) is 3.50. The van der Waals surface area contributed by atoms with Crippen LogP contribution in [0.1, 0.15) is 18.9 Å². The van der Waals surface area contributed by atoms with Gasteiger partial charge in [-0.05, 0) is 37.1 Å². The molecule has 3 heterocycles. The van der Waals surface area contributed by atoms with E-state index in [1.165, 1.54) is 18.5 Å². The van der Waals surface area contributed by atoms with Gasteiger partial charge in [0.25, 0.3) is 0 Å². The van der Waals surface area contributed by atoms with Gasteiger partial charge in [-0.3, -0.25) is 19.8 Å². The Morgan fingerprint density at radius 2 is 1.92 bits per heavy atom. The second kappa shape index (κ2) is 9.58. The summed E-state index contributed by atoms with van der Waals surface area (Å²) in [6.07, 6.45) is 2.72. The van der Waals surface area contributed by atoms with E-state index in [0.29, 0.717) is 54.0 Å². The highest BCUT2D eigenvalue weighted by Gasteiger charge is 2.28. The maximum absolute atomic E-state index is 11.9. The summed E-state index contributed by atoms with van der Waals surface area (Å²) in [4.78, 5) is 32.8. The lowest BCUT2D eigenvalue weighted by Crippen LogP contribution is -2.38. The average molecular weight is 489 g/mol. The molecule has 0 radical (unpaired) electrons. The maximum Gasteiger partial charge on any atom is 0.317 e. The van der Waals surface area contributed by atoms with Crippen LogP contribution in [0.5, 0.6) is 11.5 Å². The number of nitrogen functional groups attached to an aromatic ring is 1. The predicted molar refractivity (Wildman–Crippen MR) is 131 cm³/mol. The normalized spacial score (nSPS) is 14.7. The van der Waals surface area contributed by atoms with E-state index in [2.05, 4.69) is 9.97 Å². The van der Waals surface area contributed by atoms with Crippen LogP contribution in [0, 0.1) is 10.1 Å². The fraction of sp³-hybridized carbons (Fsp3) is 0.250. The largest absolute Gasteiger partial charge is 0.480 e. The zero-order valence-corrected chi connectivity index (χ0v) is 19.1. The zero-order chi connectivity index (χ0) is 25.2. The van der Waals surface area contributed by atoms with Crippen LogP contribution in [-0.2, 0) is 4.79 Å². The lowest BCUT2D eigenvalue weighted by atomic mass is 10.1. The van der Waals surface area contributed by atoms with Crippen LogP contribution >= 0.6 is 0 Å². The highest BCUT2D eigenvalue weighted by atomic mass is 16.6. The van der Waals surface area contributed by atoms with Gasteiger partial charge in [0, 0.05) is 24.7 Å². The molecule has 12 nitrogen and oxygen atoms in total. The number of rotatable bonds is 7. The van der Waals surface area contributed by atoms with Crippen LogP contribution in [0.2, 0.25) is 0 Å². The standard InChI is InChI=1S/C24H23N7O5/c25-23-21-22(15-6-7-19(18(12-15)31(34)35)36-17-4-2-1-3-5-17)28-30(24(21)27-14-26-23)16-8-10-29(11-9-16)13-20(32)33/h1-7,12,14,16H,8-11,13H2,(H,32,33)(H2,25,26,27). The molecule has 2 aromatic carbocycles. The Kier molecular flexibility index (Phi) is 6.17. The van der Waals surface area contributed by atoms with Crippen LogP contribution in [0.15, 0.2) is 54.9 Å². The van der Waals surface area contributed by atoms with Gasteiger partial charge in [0.1, 0.15) is 23.6 Å². The molecule has 12 heteroatoms. The summed E-state index contributed by atoms with van der Waals surface area (Å²) in [5.74, 6) is -0.0532. The summed E-state index contributed by atoms with van der Waals surface area (Å²) in [5, 5.41) is 26.2. The number of hydrogen-bond donors (Lipinski definition) is 2. The molecule has 184 valence electrons. The average Bonchev–Trinajstić information content (AvgIpc) is 3.26. The number of aliphatic carboxylic acids is 1. The van der Waals surface area contributed by atoms with Crippen molar-refractivity contribution in [1.29, 1.82) is 0 Å². The summed E-state index contributed by atoms with van der Waals surface area (Å²) in [7, 11) is 0. The molecule has 0 saturated carbocycles. The Balaban J connectivity index is 1.53. The number of carboxylic acid groups (broad SMARTS) is 1. The summed E-state index contributed by atoms with van der Waals surface area (Å²) < 4.78 is 7.53. The van der Waals surface area contributed by atoms with E-state index in [-0.39, 0.29) is 29.8 Å². The minimum atomic E-state index is -0.859. The molecule has 3 N–H and O–H groups in total. The SMILES string of the molecule is Nc1ncnc2c1c(-c1ccc(Oc3ccccc3)c([N+](=O)[O-])c1)nn2C1CCN(CC(=O)O)CC1. The third-order valence-electron chi connectivity index (χ3n) is 6.18. The van der Waals surface area contributed by atoms with Crippen LogP contribution < -0.4 is 10.5 Å². The van der Waals surface area contributed by atoms with E-state index < -0.39 is 10.9 Å². The number of nitrogens with two attached hydrogens (primary N) is 1. The summed E-state index contributed by atoms with van der Waals surface area (Å²) >= 11 is 0. The molecule has 0 atom stereocenters. The molecule has 0 amide bonds. The van der Waals surface area contributed by atoms with Crippen LogP contribution in [-0.4, -0.2) is 60.3 Å². The van der Waals surface area contributed by atoms with Gasteiger partial charge >= 0.3 is 11.7 Å². The number of benzene rings is 2. The Hall–Kier alpha value is -4.58. The molecule has 0 spiro atoms. The fourth-order valence-corrected chi connectivity index (χ4v) is 4.47. The van der Waals surface area contributed by atoms with E-state index in [9.17, 15) is 14.9 Å². The van der Waals surface area contributed by atoms with E-state index in [1.807, 2.05) is 11.0 Å². The molecule has 5 rings (SSSR count). The summed E-state index contributed by atoms with van der Waals surface area (Å²) in [6, 6.07) is 13.4. The van der Waals surface area contributed by atoms with Crippen molar-refractivity contribution in [3.05, 3.63) is 65.0 Å². The van der Waals surface area contributed by atoms with Crippen LogP contribution in [0.25, 0.3) is 22.3 Å². The second-order valence-electron chi connectivity index (χ2n) is 8.51. The van der Waals surface area contributed by atoms with E-state index in [0.717, 1.165) is 0 Å². The first-order chi connectivity index (χ1) is 17.4. The number of nitrogens with zero attached hydrogens (tertiary/aromatic N) is 6. The smallest absolute Gasteiger partial charge is 0.317 e. The van der Waals surface area contributed by atoms with Gasteiger partial charge in [-0.2, -0.15) is 5.10 Å². The maximum atomic E-state index is 11.9. The van der Waals surface area contributed by atoms with Gasteiger partial charge in [-0.15, -0.1) is 0 Å². The number of aromatic nitrogens is 4. The fourth-order valence-electron chi connectivity index (χ4n) is 4.47. The molecule has 36 heavy (non-hydrogen) atoms. The Morgan fingerprint density at radius 3 is 2.61 bits per heavy atom. The summed E-state index contributed by atoms with van der Waals surface area (Å²) in [5.41, 5.74) is 7.44. The van der Waals surface area contributed by atoms with Gasteiger partial charge in [0.05, 0.1) is 22.9 Å². The lowest BCUT2D eigenvalue weighted by molar-refractivity contribution is -0.385. The van der Waals surface area contributed by atoms with Gasteiger partial charge in [-0.1, -0.05) is 18.2 Å². The molecule has 1 aliphatic heterocycles. The second-order valence-corrected chi connectivity index (χ2v) is 8.51. The van der Waals surface area contributed by atoms with Crippen molar-refractivity contribution < 1.29 is 19.6 Å². The van der Waals surface area contributed by atoms with E-state index in [4.69, 9.17) is 20.7 Å². The number of nitro benzene ring substituents is 1. The molecule has 0 aliphatic carbocycles. The number of para-hydroxylation sites is 1. The zero-order valence-electron chi connectivity index (χ0n) is 19.1. The Labute approximate surface area is 205 Å². The molecule has 1 fully saturated rings. The number of piperidine rings is 1. The van der Waals surface area contributed by atoms with Crippen molar-refractivity contribution in [3.63, 3.8) is 0 Å². The van der Waals surface area contributed by atoms with Crippen molar-refractivity contribution in [3.8, 4) is 22.8 Å². The quantitative estimate of drug-likeness (QED) is 0.290. The van der Waals surface area contributed by atoms with Crippen molar-refractivity contribution >= 4 is 28.5 Å². The van der Waals surface area contributed by atoms with Crippen LogP contribution in [0.3, 0.4) is 0 Å². The third-order valence-corrected chi connectivity index (χ3v) is 6.18. The molecule has 0 bridgehead atoms. The first-order valence-corrected chi connectivity index (χ1v) is 11.3. The molecular formula is C24H23N7O5.